The molecule has 116 valence electrons. The van der Waals surface area contributed by atoms with Crippen molar-refractivity contribution >= 4 is 5.91 Å². The van der Waals surface area contributed by atoms with Crippen LogP contribution in [0.25, 0.3) is 0 Å². The molecular formula is C16H22F2N2O. The molecule has 5 heteroatoms. The quantitative estimate of drug-likeness (QED) is 0.928. The number of carbonyl (C=O) groups excluding carboxylic acids is 1. The fourth-order valence-corrected chi connectivity index (χ4v) is 2.81. The smallest absolute Gasteiger partial charge is 0.222 e. The lowest BCUT2D eigenvalue weighted by Gasteiger charge is -2.34. The summed E-state index contributed by atoms with van der Waals surface area (Å²) in [6.07, 6.45) is 2.42. The Morgan fingerprint density at radius 1 is 1.48 bits per heavy atom. The molecule has 1 aromatic carbocycles. The van der Waals surface area contributed by atoms with Gasteiger partial charge in [0.05, 0.1) is 0 Å². The molecule has 0 saturated carbocycles. The van der Waals surface area contributed by atoms with Crippen LogP contribution in [-0.4, -0.2) is 29.9 Å². The number of halogens is 2. The molecule has 0 bridgehead atoms. The van der Waals surface area contributed by atoms with Crippen molar-refractivity contribution in [3.05, 3.63) is 35.4 Å². The highest BCUT2D eigenvalue weighted by molar-refractivity contribution is 5.76. The van der Waals surface area contributed by atoms with Gasteiger partial charge in [0.25, 0.3) is 0 Å². The van der Waals surface area contributed by atoms with E-state index in [4.69, 9.17) is 5.73 Å². The minimum atomic E-state index is -0.866. The molecule has 1 aromatic rings. The number of nitrogens with zero attached hydrogens (tertiary/aromatic N) is 1. The molecule has 1 aliphatic heterocycles. The summed E-state index contributed by atoms with van der Waals surface area (Å²) in [5.74, 6) is -1.40. The lowest BCUT2D eigenvalue weighted by Crippen LogP contribution is -2.45. The van der Waals surface area contributed by atoms with Crippen LogP contribution in [0, 0.1) is 17.6 Å². The summed E-state index contributed by atoms with van der Waals surface area (Å²) >= 11 is 0. The number of aryl methyl sites for hydroxylation is 1. The first kappa shape index (κ1) is 15.9. The Bertz CT molecular complexity index is 505. The maximum Gasteiger partial charge on any atom is 0.222 e. The summed E-state index contributed by atoms with van der Waals surface area (Å²) in [6, 6.07) is 4.14. The number of benzene rings is 1. The molecule has 1 saturated heterocycles. The average Bonchev–Trinajstić information content (AvgIpc) is 2.48. The van der Waals surface area contributed by atoms with Gasteiger partial charge in [-0.3, -0.25) is 4.79 Å². The number of amides is 1. The molecule has 1 heterocycles. The maximum absolute atomic E-state index is 13.5. The van der Waals surface area contributed by atoms with Gasteiger partial charge >= 0.3 is 0 Å². The number of nitrogens with two attached hydrogens (primary N) is 1. The Morgan fingerprint density at radius 3 is 2.95 bits per heavy atom. The minimum Gasteiger partial charge on any atom is -0.342 e. The van der Waals surface area contributed by atoms with Crippen molar-refractivity contribution in [3.63, 3.8) is 0 Å². The first-order chi connectivity index (χ1) is 9.99. The number of hydrogen-bond acceptors (Lipinski definition) is 2. The topological polar surface area (TPSA) is 46.3 Å². The number of piperidine rings is 1. The Morgan fingerprint density at radius 2 is 2.24 bits per heavy atom. The zero-order valence-corrected chi connectivity index (χ0v) is 12.3. The van der Waals surface area contributed by atoms with Crippen LogP contribution in [0.1, 0.15) is 31.7 Å². The third-order valence-electron chi connectivity index (χ3n) is 4.19. The van der Waals surface area contributed by atoms with E-state index in [0.717, 1.165) is 25.5 Å². The molecule has 3 nitrogen and oxygen atoms in total. The van der Waals surface area contributed by atoms with Gasteiger partial charge in [-0.15, -0.1) is 0 Å². The minimum absolute atomic E-state index is 0.0102. The number of rotatable bonds is 4. The van der Waals surface area contributed by atoms with Crippen LogP contribution in [0.2, 0.25) is 0 Å². The van der Waals surface area contributed by atoms with Gasteiger partial charge in [0, 0.05) is 25.6 Å². The van der Waals surface area contributed by atoms with E-state index in [0.29, 0.717) is 12.5 Å². The highest BCUT2D eigenvalue weighted by Crippen LogP contribution is 2.20. The zero-order valence-electron chi connectivity index (χ0n) is 12.3. The summed E-state index contributed by atoms with van der Waals surface area (Å²) in [6.45, 7) is 3.36. The summed E-state index contributed by atoms with van der Waals surface area (Å²) in [5.41, 5.74) is 6.16. The van der Waals surface area contributed by atoms with Crippen LogP contribution >= 0.6 is 0 Å². The van der Waals surface area contributed by atoms with E-state index in [1.807, 2.05) is 6.92 Å². The van der Waals surface area contributed by atoms with Crippen LogP contribution in [0.3, 0.4) is 0 Å². The number of hydrogen-bond donors (Lipinski definition) is 1. The second-order valence-electron chi connectivity index (χ2n) is 5.81. The molecule has 2 atom stereocenters. The molecule has 2 N–H and O–H groups in total. The van der Waals surface area contributed by atoms with Gasteiger partial charge < -0.3 is 10.6 Å². The van der Waals surface area contributed by atoms with Gasteiger partial charge in [0.15, 0.2) is 11.6 Å². The van der Waals surface area contributed by atoms with Crippen molar-refractivity contribution in [1.29, 1.82) is 0 Å². The predicted octanol–water partition coefficient (Wildman–Crippen LogP) is 2.48. The Kier molecular flexibility index (Phi) is 5.28. The highest BCUT2D eigenvalue weighted by atomic mass is 19.2. The van der Waals surface area contributed by atoms with Crippen molar-refractivity contribution in [1.82, 2.24) is 4.90 Å². The van der Waals surface area contributed by atoms with Crippen molar-refractivity contribution in [2.24, 2.45) is 11.7 Å². The van der Waals surface area contributed by atoms with Gasteiger partial charge in [-0.25, -0.2) is 8.78 Å². The van der Waals surface area contributed by atoms with E-state index < -0.39 is 11.6 Å². The number of likely N-dealkylation sites (tertiary alicyclic amines) is 1. The van der Waals surface area contributed by atoms with Crippen LogP contribution in [0.4, 0.5) is 8.78 Å². The molecule has 1 amide bonds. The summed E-state index contributed by atoms with van der Waals surface area (Å²) in [4.78, 5) is 14.0. The van der Waals surface area contributed by atoms with E-state index >= 15 is 0 Å². The lowest BCUT2D eigenvalue weighted by atomic mass is 9.92. The fraction of sp³-hybridized carbons (Fsp3) is 0.562. The normalized spacial score (nSPS) is 20.4. The highest BCUT2D eigenvalue weighted by Gasteiger charge is 2.25. The van der Waals surface area contributed by atoms with E-state index in [-0.39, 0.29) is 30.4 Å². The molecular weight excluding hydrogens is 274 g/mol. The second kappa shape index (κ2) is 6.98. The van der Waals surface area contributed by atoms with Gasteiger partial charge in [-0.2, -0.15) is 0 Å². The summed E-state index contributed by atoms with van der Waals surface area (Å²) in [5, 5.41) is 0. The van der Waals surface area contributed by atoms with Gasteiger partial charge in [-0.1, -0.05) is 12.1 Å². The van der Waals surface area contributed by atoms with Crippen molar-refractivity contribution in [2.75, 3.05) is 13.1 Å². The monoisotopic (exact) mass is 296 g/mol. The third kappa shape index (κ3) is 4.00. The second-order valence-corrected chi connectivity index (χ2v) is 5.81. The van der Waals surface area contributed by atoms with Crippen molar-refractivity contribution in [3.8, 4) is 0 Å². The molecule has 2 unspecified atom stereocenters. The molecule has 1 fully saturated rings. The molecule has 2 rings (SSSR count). The van der Waals surface area contributed by atoms with Crippen LogP contribution in [0.5, 0.6) is 0 Å². The zero-order chi connectivity index (χ0) is 15.4. The van der Waals surface area contributed by atoms with Gasteiger partial charge in [0.2, 0.25) is 5.91 Å². The molecule has 0 radical (unpaired) electrons. The van der Waals surface area contributed by atoms with E-state index in [1.54, 1.807) is 4.90 Å². The molecule has 0 aromatic heterocycles. The standard InChI is InChI=1S/C16H22F2N2O/c1-11(19)13-5-3-9-20(10-13)15(21)8-7-12-4-2-6-14(17)16(12)18/h2,4,6,11,13H,3,5,7-10,19H2,1H3. The van der Waals surface area contributed by atoms with E-state index in [1.165, 1.54) is 12.1 Å². The fourth-order valence-electron chi connectivity index (χ4n) is 2.81. The third-order valence-corrected chi connectivity index (χ3v) is 4.19. The van der Waals surface area contributed by atoms with E-state index in [9.17, 15) is 13.6 Å². The van der Waals surface area contributed by atoms with E-state index in [2.05, 4.69) is 0 Å². The van der Waals surface area contributed by atoms with Crippen LogP contribution < -0.4 is 5.73 Å². The number of carbonyl (C=O) groups is 1. The molecule has 1 aliphatic rings. The Hall–Kier alpha value is -1.49. The predicted molar refractivity (Wildman–Crippen MR) is 77.6 cm³/mol. The van der Waals surface area contributed by atoms with Crippen LogP contribution in [0.15, 0.2) is 18.2 Å². The van der Waals surface area contributed by atoms with Gasteiger partial charge in [0.1, 0.15) is 0 Å². The summed E-state index contributed by atoms with van der Waals surface area (Å²) in [7, 11) is 0. The van der Waals surface area contributed by atoms with Crippen LogP contribution in [-0.2, 0) is 11.2 Å². The lowest BCUT2D eigenvalue weighted by molar-refractivity contribution is -0.133. The maximum atomic E-state index is 13.5. The Balaban J connectivity index is 1.91. The first-order valence-electron chi connectivity index (χ1n) is 7.45. The SMILES string of the molecule is CC(N)C1CCCN(C(=O)CCc2cccc(F)c2F)C1. The average molecular weight is 296 g/mol. The largest absolute Gasteiger partial charge is 0.342 e. The Labute approximate surface area is 124 Å². The molecule has 0 spiro atoms. The van der Waals surface area contributed by atoms with Crippen molar-refractivity contribution < 1.29 is 13.6 Å². The molecule has 0 aliphatic carbocycles. The molecule has 21 heavy (non-hydrogen) atoms. The first-order valence-corrected chi connectivity index (χ1v) is 7.45. The van der Waals surface area contributed by atoms with Gasteiger partial charge in [-0.05, 0) is 43.7 Å². The van der Waals surface area contributed by atoms with Crippen molar-refractivity contribution in [2.45, 2.75) is 38.6 Å². The summed E-state index contributed by atoms with van der Waals surface area (Å²) < 4.78 is 26.7.